The highest BCUT2D eigenvalue weighted by atomic mass is 19.1. The molecule has 1 N–H and O–H groups in total. The molecule has 1 amide bonds. The Bertz CT molecular complexity index is 1270. The molecule has 3 aromatic carbocycles. The molecule has 0 bridgehead atoms. The molecule has 6 heteroatoms. The van der Waals surface area contributed by atoms with Crippen molar-refractivity contribution in [3.63, 3.8) is 0 Å². The highest BCUT2D eigenvalue weighted by Crippen LogP contribution is 2.43. The van der Waals surface area contributed by atoms with Crippen molar-refractivity contribution in [3.8, 4) is 5.75 Å². The number of aliphatic hydroxyl groups excluding tert-OH is 1. The minimum Gasteiger partial charge on any atom is -0.507 e. The molecule has 1 heterocycles. The molecule has 1 aliphatic heterocycles. The van der Waals surface area contributed by atoms with E-state index in [-0.39, 0.29) is 16.9 Å². The number of ether oxygens (including phenoxy) is 1. The maximum atomic E-state index is 15.0. The summed E-state index contributed by atoms with van der Waals surface area (Å²) in [4.78, 5) is 27.6. The summed E-state index contributed by atoms with van der Waals surface area (Å²) in [5.74, 6) is -1.97. The second kappa shape index (κ2) is 10.6. The van der Waals surface area contributed by atoms with Gasteiger partial charge in [-0.2, -0.15) is 0 Å². The number of Topliss-reactive ketones (excluding diaryl/α,β-unsaturated/α-hetero) is 1. The molecule has 1 fully saturated rings. The summed E-state index contributed by atoms with van der Waals surface area (Å²) >= 11 is 0. The first kappa shape index (κ1) is 24.2. The second-order valence-corrected chi connectivity index (χ2v) is 8.61. The standard InChI is InChI=1S/C29H28FNO4/c1-3-4-7-17-35-22-15-13-20(14-16-22)27(32)25-26(23-11-5-6-12-24(23)30)31(29(34)28(25)33)21-10-8-9-19(2)18-21/h5-6,8-16,18,26,32H,3-4,7,17H2,1-2H3/b27-25+. The lowest BCUT2D eigenvalue weighted by Gasteiger charge is -2.26. The molecule has 0 radical (unpaired) electrons. The number of rotatable bonds is 8. The Hall–Kier alpha value is -3.93. The number of aryl methyl sites for hydroxylation is 1. The van der Waals surface area contributed by atoms with Crippen LogP contribution in [0.3, 0.4) is 0 Å². The van der Waals surface area contributed by atoms with E-state index in [1.807, 2.05) is 13.0 Å². The van der Waals surface area contributed by atoms with Crippen LogP contribution < -0.4 is 9.64 Å². The fourth-order valence-electron chi connectivity index (χ4n) is 4.27. The van der Waals surface area contributed by atoms with Crippen LogP contribution in [0.2, 0.25) is 0 Å². The van der Waals surface area contributed by atoms with Crippen molar-refractivity contribution in [1.29, 1.82) is 0 Å². The van der Waals surface area contributed by atoms with E-state index in [0.29, 0.717) is 23.6 Å². The SMILES string of the molecule is CCCCCOc1ccc(/C(O)=C2\C(=O)C(=O)N(c3cccc(C)c3)C2c2ccccc2F)cc1. The molecule has 4 rings (SSSR count). The molecule has 1 unspecified atom stereocenters. The van der Waals surface area contributed by atoms with Crippen LogP contribution in [0.4, 0.5) is 10.1 Å². The van der Waals surface area contributed by atoms with E-state index in [1.165, 1.54) is 23.1 Å². The van der Waals surface area contributed by atoms with Gasteiger partial charge in [0.1, 0.15) is 17.3 Å². The Labute approximate surface area is 204 Å². The third-order valence-corrected chi connectivity index (χ3v) is 6.07. The lowest BCUT2D eigenvalue weighted by atomic mass is 9.94. The van der Waals surface area contributed by atoms with E-state index in [2.05, 4.69) is 6.92 Å². The van der Waals surface area contributed by atoms with Gasteiger partial charge < -0.3 is 9.84 Å². The van der Waals surface area contributed by atoms with E-state index in [9.17, 15) is 19.1 Å². The molecule has 3 aromatic rings. The predicted octanol–water partition coefficient (Wildman–Crippen LogP) is 6.33. The van der Waals surface area contributed by atoms with Crippen molar-refractivity contribution >= 4 is 23.1 Å². The van der Waals surface area contributed by atoms with Crippen LogP contribution in [0.15, 0.2) is 78.4 Å². The Morgan fingerprint density at radius 2 is 1.74 bits per heavy atom. The first-order valence-corrected chi connectivity index (χ1v) is 11.8. The molecular weight excluding hydrogens is 445 g/mol. The van der Waals surface area contributed by atoms with Crippen LogP contribution >= 0.6 is 0 Å². The second-order valence-electron chi connectivity index (χ2n) is 8.61. The Balaban J connectivity index is 1.77. The first-order valence-electron chi connectivity index (χ1n) is 11.8. The number of benzene rings is 3. The zero-order chi connectivity index (χ0) is 24.9. The number of amides is 1. The maximum Gasteiger partial charge on any atom is 0.300 e. The van der Waals surface area contributed by atoms with E-state index in [1.54, 1.807) is 48.5 Å². The summed E-state index contributed by atoms with van der Waals surface area (Å²) in [5, 5.41) is 11.2. The van der Waals surface area contributed by atoms with E-state index >= 15 is 0 Å². The topological polar surface area (TPSA) is 66.8 Å². The van der Waals surface area contributed by atoms with E-state index in [4.69, 9.17) is 4.74 Å². The number of hydrogen-bond acceptors (Lipinski definition) is 4. The average molecular weight is 474 g/mol. The average Bonchev–Trinajstić information content (AvgIpc) is 3.12. The molecule has 0 saturated carbocycles. The van der Waals surface area contributed by atoms with Crippen molar-refractivity contribution in [2.24, 2.45) is 0 Å². The third kappa shape index (κ3) is 4.97. The molecule has 1 saturated heterocycles. The number of carbonyl (C=O) groups excluding carboxylic acids is 2. The number of carbonyl (C=O) groups is 2. The lowest BCUT2D eigenvalue weighted by Crippen LogP contribution is -2.29. The molecule has 180 valence electrons. The Kier molecular flexibility index (Phi) is 7.30. The van der Waals surface area contributed by atoms with Crippen molar-refractivity contribution in [1.82, 2.24) is 0 Å². The highest BCUT2D eigenvalue weighted by molar-refractivity contribution is 6.51. The molecular formula is C29H28FNO4. The summed E-state index contributed by atoms with van der Waals surface area (Å²) in [7, 11) is 0. The number of anilines is 1. The quantitative estimate of drug-likeness (QED) is 0.180. The molecule has 0 aromatic heterocycles. The number of ketones is 1. The van der Waals surface area contributed by atoms with Crippen LogP contribution in [0.1, 0.15) is 48.9 Å². The maximum absolute atomic E-state index is 15.0. The molecule has 35 heavy (non-hydrogen) atoms. The largest absolute Gasteiger partial charge is 0.507 e. The van der Waals surface area contributed by atoms with Crippen LogP contribution in [0.5, 0.6) is 5.75 Å². The van der Waals surface area contributed by atoms with Gasteiger partial charge in [-0.3, -0.25) is 14.5 Å². The lowest BCUT2D eigenvalue weighted by molar-refractivity contribution is -0.132. The van der Waals surface area contributed by atoms with Crippen LogP contribution in [-0.2, 0) is 9.59 Å². The van der Waals surface area contributed by atoms with E-state index < -0.39 is 23.5 Å². The molecule has 0 aliphatic carbocycles. The van der Waals surface area contributed by atoms with Crippen LogP contribution in [-0.4, -0.2) is 23.4 Å². The van der Waals surface area contributed by atoms with Gasteiger partial charge in [0.15, 0.2) is 0 Å². The molecule has 1 atom stereocenters. The predicted molar refractivity (Wildman–Crippen MR) is 134 cm³/mol. The number of hydrogen-bond donors (Lipinski definition) is 1. The van der Waals surface area contributed by atoms with Gasteiger partial charge in [0, 0.05) is 16.8 Å². The third-order valence-electron chi connectivity index (χ3n) is 6.07. The fraction of sp³-hybridized carbons (Fsp3) is 0.241. The minimum atomic E-state index is -1.11. The Morgan fingerprint density at radius 1 is 1.00 bits per heavy atom. The molecule has 1 aliphatic rings. The van der Waals surface area contributed by atoms with Gasteiger partial charge in [-0.05, 0) is 61.4 Å². The van der Waals surface area contributed by atoms with E-state index in [0.717, 1.165) is 24.8 Å². The summed E-state index contributed by atoms with van der Waals surface area (Å²) < 4.78 is 20.7. The highest BCUT2D eigenvalue weighted by Gasteiger charge is 2.47. The number of halogens is 1. The smallest absolute Gasteiger partial charge is 0.300 e. The number of unbranched alkanes of at least 4 members (excludes halogenated alkanes) is 2. The Morgan fingerprint density at radius 3 is 2.43 bits per heavy atom. The number of aliphatic hydroxyl groups is 1. The van der Waals surface area contributed by atoms with Gasteiger partial charge in [0.05, 0.1) is 18.2 Å². The summed E-state index contributed by atoms with van der Waals surface area (Å²) in [6, 6.07) is 18.6. The summed E-state index contributed by atoms with van der Waals surface area (Å²) in [5.41, 5.74) is 1.65. The van der Waals surface area contributed by atoms with Crippen molar-refractivity contribution < 1.29 is 23.8 Å². The van der Waals surface area contributed by atoms with Gasteiger partial charge in [0.25, 0.3) is 11.7 Å². The van der Waals surface area contributed by atoms with Gasteiger partial charge in [-0.1, -0.05) is 50.1 Å². The van der Waals surface area contributed by atoms with Crippen LogP contribution in [0.25, 0.3) is 5.76 Å². The monoisotopic (exact) mass is 473 g/mol. The van der Waals surface area contributed by atoms with Gasteiger partial charge >= 0.3 is 0 Å². The molecule has 0 spiro atoms. The zero-order valence-electron chi connectivity index (χ0n) is 19.8. The van der Waals surface area contributed by atoms with Gasteiger partial charge in [-0.25, -0.2) is 4.39 Å². The summed E-state index contributed by atoms with van der Waals surface area (Å²) in [6.07, 6.45) is 3.12. The van der Waals surface area contributed by atoms with Crippen molar-refractivity contribution in [2.75, 3.05) is 11.5 Å². The van der Waals surface area contributed by atoms with Crippen LogP contribution in [0, 0.1) is 12.7 Å². The summed E-state index contributed by atoms with van der Waals surface area (Å²) in [6.45, 7) is 4.58. The normalized spacial score (nSPS) is 17.1. The molecule has 5 nitrogen and oxygen atoms in total. The minimum absolute atomic E-state index is 0.130. The van der Waals surface area contributed by atoms with Crippen molar-refractivity contribution in [3.05, 3.63) is 101 Å². The fourth-order valence-corrected chi connectivity index (χ4v) is 4.27. The number of nitrogens with zero attached hydrogens (tertiary/aromatic N) is 1. The first-order chi connectivity index (χ1) is 16.9. The van der Waals surface area contributed by atoms with Gasteiger partial charge in [-0.15, -0.1) is 0 Å². The zero-order valence-corrected chi connectivity index (χ0v) is 19.8. The van der Waals surface area contributed by atoms with Gasteiger partial charge in [0.2, 0.25) is 0 Å². The van der Waals surface area contributed by atoms with Crippen molar-refractivity contribution in [2.45, 2.75) is 39.2 Å².